The van der Waals surface area contributed by atoms with Crippen LogP contribution in [0.25, 0.3) is 10.2 Å². The van der Waals surface area contributed by atoms with Crippen LogP contribution >= 0.6 is 23.1 Å². The largest absolute Gasteiger partial charge is 0.326 e. The molecule has 31 heavy (non-hydrogen) atoms. The molecule has 8 heteroatoms. The number of amides is 1. The molecule has 1 N–H and O–H groups in total. The van der Waals surface area contributed by atoms with Crippen LogP contribution in [0.2, 0.25) is 0 Å². The van der Waals surface area contributed by atoms with Crippen LogP contribution in [0.1, 0.15) is 31.7 Å². The van der Waals surface area contributed by atoms with Crippen LogP contribution in [0.3, 0.4) is 0 Å². The van der Waals surface area contributed by atoms with Crippen molar-refractivity contribution in [2.75, 3.05) is 17.3 Å². The number of thioether (sulfide) groups is 1. The molecular formula is C23H24N2O3S3. The Labute approximate surface area is 191 Å². The number of hydrogen-bond acceptors (Lipinski definition) is 6. The van der Waals surface area contributed by atoms with E-state index in [2.05, 4.69) is 29.1 Å². The van der Waals surface area contributed by atoms with Gasteiger partial charge in [0.2, 0.25) is 5.91 Å². The molecule has 0 aliphatic heterocycles. The number of carbonyl (C=O) groups is 1. The third-order valence-electron chi connectivity index (χ3n) is 4.32. The standard InChI is InChI=1S/C23H24N2O3S3/c1-3-4-5-6-7-14-29-23-25-20-13-10-18(16-21(20)30-23)24-22(26)15-17-8-11-19(12-9-17)31(2,27)28/h8-13,16H,3-4,7,14-15H2,1-2H3,(H,24,26). The molecule has 0 saturated carbocycles. The highest BCUT2D eigenvalue weighted by Gasteiger charge is 2.10. The van der Waals surface area contributed by atoms with Gasteiger partial charge >= 0.3 is 0 Å². The SMILES string of the molecule is CCCC#CCCSc1nc2ccc(NC(=O)Cc3ccc(S(C)(=O)=O)cc3)cc2s1. The summed E-state index contributed by atoms with van der Waals surface area (Å²) in [5, 5.41) is 2.91. The lowest BCUT2D eigenvalue weighted by Gasteiger charge is -2.06. The lowest BCUT2D eigenvalue weighted by molar-refractivity contribution is -0.115. The fourth-order valence-electron chi connectivity index (χ4n) is 2.78. The first-order valence-corrected chi connectivity index (χ1v) is 13.6. The average molecular weight is 473 g/mol. The summed E-state index contributed by atoms with van der Waals surface area (Å²) in [5.41, 5.74) is 2.39. The summed E-state index contributed by atoms with van der Waals surface area (Å²) in [4.78, 5) is 17.3. The summed E-state index contributed by atoms with van der Waals surface area (Å²) in [7, 11) is -3.24. The second-order valence-corrected chi connectivity index (χ2v) is 11.4. The van der Waals surface area contributed by atoms with E-state index >= 15 is 0 Å². The van der Waals surface area contributed by atoms with Gasteiger partial charge in [0.15, 0.2) is 14.2 Å². The zero-order valence-corrected chi connectivity index (χ0v) is 19.9. The first-order valence-electron chi connectivity index (χ1n) is 9.93. The quantitative estimate of drug-likeness (QED) is 0.278. The lowest BCUT2D eigenvalue weighted by atomic mass is 10.1. The smallest absolute Gasteiger partial charge is 0.228 e. The summed E-state index contributed by atoms with van der Waals surface area (Å²) < 4.78 is 25.1. The third kappa shape index (κ3) is 7.10. The zero-order chi connectivity index (χ0) is 22.3. The molecule has 1 heterocycles. The summed E-state index contributed by atoms with van der Waals surface area (Å²) in [6.07, 6.45) is 4.23. The van der Waals surface area contributed by atoms with Gasteiger partial charge < -0.3 is 5.32 Å². The van der Waals surface area contributed by atoms with Gasteiger partial charge in [-0.1, -0.05) is 30.8 Å². The molecule has 0 radical (unpaired) electrons. The van der Waals surface area contributed by atoms with Crippen molar-refractivity contribution in [3.63, 3.8) is 0 Å². The average Bonchev–Trinajstić information content (AvgIpc) is 3.12. The maximum atomic E-state index is 12.4. The second-order valence-electron chi connectivity index (χ2n) is 7.01. The molecule has 1 amide bonds. The number of nitrogens with one attached hydrogen (secondary N) is 1. The number of rotatable bonds is 8. The molecule has 5 nitrogen and oxygen atoms in total. The molecule has 0 spiro atoms. The van der Waals surface area contributed by atoms with Gasteiger partial charge in [-0.2, -0.15) is 0 Å². The Kier molecular flexibility index (Phi) is 8.13. The normalized spacial score (nSPS) is 11.2. The molecule has 0 saturated heterocycles. The monoisotopic (exact) mass is 472 g/mol. The van der Waals surface area contributed by atoms with E-state index < -0.39 is 9.84 Å². The van der Waals surface area contributed by atoms with Gasteiger partial charge in [0.05, 0.1) is 21.5 Å². The molecule has 0 bridgehead atoms. The molecule has 0 aliphatic carbocycles. The number of fused-ring (bicyclic) bond motifs is 1. The number of hydrogen-bond donors (Lipinski definition) is 1. The van der Waals surface area contributed by atoms with Gasteiger partial charge in [-0.05, 0) is 42.3 Å². The lowest BCUT2D eigenvalue weighted by Crippen LogP contribution is -2.14. The maximum Gasteiger partial charge on any atom is 0.228 e. The van der Waals surface area contributed by atoms with E-state index in [1.54, 1.807) is 35.2 Å². The van der Waals surface area contributed by atoms with Gasteiger partial charge in [-0.3, -0.25) is 4.79 Å². The molecule has 0 unspecified atom stereocenters. The number of benzene rings is 2. The Morgan fingerprint density at radius 2 is 1.87 bits per heavy atom. The Morgan fingerprint density at radius 3 is 2.58 bits per heavy atom. The van der Waals surface area contributed by atoms with E-state index in [0.29, 0.717) is 0 Å². The molecule has 3 rings (SSSR count). The summed E-state index contributed by atoms with van der Waals surface area (Å²) >= 11 is 3.31. The molecule has 162 valence electrons. The number of aromatic nitrogens is 1. The van der Waals surface area contributed by atoms with E-state index in [0.717, 1.165) is 57.1 Å². The highest BCUT2D eigenvalue weighted by atomic mass is 32.2. The van der Waals surface area contributed by atoms with Gasteiger partial charge in [0.1, 0.15) is 0 Å². The Balaban J connectivity index is 1.57. The van der Waals surface area contributed by atoms with Crippen molar-refractivity contribution in [2.24, 2.45) is 0 Å². The van der Waals surface area contributed by atoms with Crippen molar-refractivity contribution in [2.45, 2.75) is 41.8 Å². The van der Waals surface area contributed by atoms with Crippen LogP contribution < -0.4 is 5.32 Å². The molecule has 0 atom stereocenters. The summed E-state index contributed by atoms with van der Waals surface area (Å²) in [6, 6.07) is 12.1. The van der Waals surface area contributed by atoms with E-state index in [4.69, 9.17) is 0 Å². The Morgan fingerprint density at radius 1 is 1.13 bits per heavy atom. The molecule has 0 fully saturated rings. The first kappa shape index (κ1) is 23.3. The zero-order valence-electron chi connectivity index (χ0n) is 17.5. The number of thiazole rings is 1. The minimum atomic E-state index is -3.24. The molecule has 1 aromatic heterocycles. The predicted molar refractivity (Wildman–Crippen MR) is 130 cm³/mol. The van der Waals surface area contributed by atoms with E-state index in [1.807, 2.05) is 18.2 Å². The number of anilines is 1. The van der Waals surface area contributed by atoms with Gasteiger partial charge in [0, 0.05) is 30.5 Å². The van der Waals surface area contributed by atoms with Crippen LogP contribution in [0, 0.1) is 11.8 Å². The molecule has 2 aromatic carbocycles. The minimum Gasteiger partial charge on any atom is -0.326 e. The first-order chi connectivity index (χ1) is 14.8. The third-order valence-corrected chi connectivity index (χ3v) is 7.61. The van der Waals surface area contributed by atoms with Crippen molar-refractivity contribution in [3.05, 3.63) is 48.0 Å². The van der Waals surface area contributed by atoms with E-state index in [9.17, 15) is 13.2 Å². The minimum absolute atomic E-state index is 0.156. The summed E-state index contributed by atoms with van der Waals surface area (Å²) in [6.45, 7) is 2.12. The fourth-order valence-corrected chi connectivity index (χ4v) is 5.44. The fraction of sp³-hybridized carbons (Fsp3) is 0.304. The van der Waals surface area contributed by atoms with Crippen LogP contribution in [0.15, 0.2) is 51.7 Å². The highest BCUT2D eigenvalue weighted by molar-refractivity contribution is 8.01. The molecular weight excluding hydrogens is 448 g/mol. The topological polar surface area (TPSA) is 76.1 Å². The number of carbonyl (C=O) groups excluding carboxylic acids is 1. The second kappa shape index (κ2) is 10.8. The molecule has 0 aliphatic rings. The number of unbranched alkanes of at least 4 members (excludes halogenated alkanes) is 1. The van der Waals surface area contributed by atoms with Crippen molar-refractivity contribution in [1.82, 2.24) is 4.98 Å². The Hall–Kier alpha value is -2.34. The van der Waals surface area contributed by atoms with E-state index in [-0.39, 0.29) is 17.2 Å². The highest BCUT2D eigenvalue weighted by Crippen LogP contribution is 2.31. The van der Waals surface area contributed by atoms with Gasteiger partial charge in [-0.25, -0.2) is 13.4 Å². The van der Waals surface area contributed by atoms with Crippen LogP contribution in [-0.2, 0) is 21.1 Å². The van der Waals surface area contributed by atoms with E-state index in [1.165, 1.54) is 12.1 Å². The van der Waals surface area contributed by atoms with Crippen molar-refractivity contribution in [1.29, 1.82) is 0 Å². The van der Waals surface area contributed by atoms with Crippen LogP contribution in [0.5, 0.6) is 0 Å². The van der Waals surface area contributed by atoms with Crippen LogP contribution in [-0.4, -0.2) is 31.3 Å². The van der Waals surface area contributed by atoms with Crippen LogP contribution in [0.4, 0.5) is 5.69 Å². The molecule has 3 aromatic rings. The number of nitrogens with zero attached hydrogens (tertiary/aromatic N) is 1. The predicted octanol–water partition coefficient (Wildman–Crippen LogP) is 5.17. The van der Waals surface area contributed by atoms with Gasteiger partial charge in [0.25, 0.3) is 0 Å². The van der Waals surface area contributed by atoms with Gasteiger partial charge in [-0.15, -0.1) is 23.2 Å². The number of sulfone groups is 1. The maximum absolute atomic E-state index is 12.4. The van der Waals surface area contributed by atoms with Crippen molar-refractivity contribution < 1.29 is 13.2 Å². The van der Waals surface area contributed by atoms with Crippen molar-refractivity contribution >= 4 is 54.7 Å². The summed E-state index contributed by atoms with van der Waals surface area (Å²) in [5.74, 6) is 7.09. The van der Waals surface area contributed by atoms with Crippen molar-refractivity contribution in [3.8, 4) is 11.8 Å². The Bertz CT molecular complexity index is 1220.